The fraction of sp³-hybridized carbons (Fsp3) is 0.559. The first kappa shape index (κ1) is 32.3. The number of piperidine rings is 3. The van der Waals surface area contributed by atoms with Crippen LogP contribution in [0.5, 0.6) is 0 Å². The molecule has 3 saturated heterocycles. The highest BCUT2D eigenvalue weighted by atomic mass is 79.9. The second-order valence-corrected chi connectivity index (χ2v) is 14.5. The van der Waals surface area contributed by atoms with Gasteiger partial charge in [-0.3, -0.25) is 4.79 Å². The number of halogens is 2. The van der Waals surface area contributed by atoms with E-state index in [9.17, 15) is 14.4 Å². The highest BCUT2D eigenvalue weighted by Crippen LogP contribution is 2.32. The molecule has 1 atom stereocenters. The highest BCUT2D eigenvalue weighted by Gasteiger charge is 2.36. The largest absolute Gasteiger partial charge is 0.436 e. The number of carbonyl (C=O) groups is 3. The number of fused-ring (bicyclic) bond motifs is 1. The van der Waals surface area contributed by atoms with Crippen LogP contribution in [0.15, 0.2) is 51.4 Å². The van der Waals surface area contributed by atoms with Crippen molar-refractivity contribution < 1.29 is 19.1 Å². The maximum atomic E-state index is 13.9. The zero-order valence-electron chi connectivity index (χ0n) is 25.7. The molecule has 0 unspecified atom stereocenters. The molecule has 11 heteroatoms. The van der Waals surface area contributed by atoms with Gasteiger partial charge >= 0.3 is 12.1 Å². The van der Waals surface area contributed by atoms with Crippen molar-refractivity contribution >= 4 is 55.6 Å². The summed E-state index contributed by atoms with van der Waals surface area (Å²) >= 11 is 7.09. The minimum Gasteiger partial charge on any atom is -0.436 e. The van der Waals surface area contributed by atoms with Gasteiger partial charge in [0, 0.05) is 59.8 Å². The number of hydrogen-bond acceptors (Lipinski definition) is 5. The number of rotatable bonds is 6. The van der Waals surface area contributed by atoms with Crippen molar-refractivity contribution in [2.24, 2.45) is 11.8 Å². The summed E-state index contributed by atoms with van der Waals surface area (Å²) in [5.74, 6) is 1.28. The van der Waals surface area contributed by atoms with E-state index in [1.165, 1.54) is 12.8 Å². The lowest BCUT2D eigenvalue weighted by molar-refractivity contribution is -0.142. The molecule has 4 aliphatic rings. The molecule has 0 saturated carbocycles. The van der Waals surface area contributed by atoms with Gasteiger partial charge in [0.15, 0.2) is 6.10 Å². The summed E-state index contributed by atoms with van der Waals surface area (Å²) in [4.78, 5) is 46.0. The van der Waals surface area contributed by atoms with Crippen LogP contribution in [-0.2, 0) is 22.4 Å². The standard InChI is InChI=1S/C34H43Br2N5O4/c35-28-6-5-23(21-29(28)36)22-31(32(42)39-16-9-25(10-17-39)24-7-14-37-15-8-24)45-34(44)40-18-12-27(13-19-40)41-20-11-26-3-1-2-4-30(26)38-33(41)43/h1-6,21,24-25,27,31,37H,7-20,22H2,(H,38,43)/t31-/m1/s1. The van der Waals surface area contributed by atoms with E-state index < -0.39 is 12.2 Å². The number of hydrogen-bond donors (Lipinski definition) is 2. The van der Waals surface area contributed by atoms with E-state index in [2.05, 4.69) is 48.6 Å². The van der Waals surface area contributed by atoms with Crippen molar-refractivity contribution in [3.05, 3.63) is 62.5 Å². The number of nitrogens with one attached hydrogen (secondary N) is 2. The predicted octanol–water partition coefficient (Wildman–Crippen LogP) is 6.05. The molecule has 45 heavy (non-hydrogen) atoms. The van der Waals surface area contributed by atoms with Crippen LogP contribution in [0.1, 0.15) is 49.7 Å². The summed E-state index contributed by atoms with van der Waals surface area (Å²) in [6.07, 6.45) is 5.52. The van der Waals surface area contributed by atoms with Crippen molar-refractivity contribution in [2.45, 2.75) is 63.5 Å². The van der Waals surface area contributed by atoms with Crippen LogP contribution in [0.2, 0.25) is 0 Å². The first-order valence-corrected chi connectivity index (χ1v) is 18.0. The molecule has 4 heterocycles. The Bertz CT molecular complexity index is 1370. The number of para-hydroxylation sites is 1. The molecule has 4 amide bonds. The van der Waals surface area contributed by atoms with E-state index in [1.807, 2.05) is 46.2 Å². The molecule has 2 N–H and O–H groups in total. The minimum absolute atomic E-state index is 0.0437. The van der Waals surface area contributed by atoms with Gasteiger partial charge in [-0.15, -0.1) is 0 Å². The summed E-state index contributed by atoms with van der Waals surface area (Å²) in [5, 5.41) is 6.51. The number of anilines is 1. The molecule has 0 bridgehead atoms. The maximum Gasteiger partial charge on any atom is 0.410 e. The molecule has 3 fully saturated rings. The molecule has 2 aromatic rings. The zero-order valence-corrected chi connectivity index (χ0v) is 28.9. The highest BCUT2D eigenvalue weighted by molar-refractivity contribution is 9.13. The van der Waals surface area contributed by atoms with E-state index >= 15 is 0 Å². The average Bonchev–Trinajstić information content (AvgIpc) is 3.24. The van der Waals surface area contributed by atoms with Gasteiger partial charge in [-0.1, -0.05) is 24.3 Å². The molecule has 0 aliphatic carbocycles. The van der Waals surface area contributed by atoms with E-state index in [0.717, 1.165) is 64.0 Å². The second-order valence-electron chi connectivity index (χ2n) is 12.8. The lowest BCUT2D eigenvalue weighted by atomic mass is 9.79. The van der Waals surface area contributed by atoms with Gasteiger partial charge in [0.05, 0.1) is 0 Å². The topological polar surface area (TPSA) is 94.2 Å². The van der Waals surface area contributed by atoms with Crippen LogP contribution < -0.4 is 10.6 Å². The smallest absolute Gasteiger partial charge is 0.410 e. The third kappa shape index (κ3) is 7.85. The van der Waals surface area contributed by atoms with E-state index in [4.69, 9.17) is 4.74 Å². The normalized spacial score (nSPS) is 21.1. The third-order valence-corrected chi connectivity index (χ3v) is 12.0. The Morgan fingerprint density at radius 1 is 0.844 bits per heavy atom. The van der Waals surface area contributed by atoms with Crippen LogP contribution in [0.25, 0.3) is 0 Å². The molecule has 6 rings (SSSR count). The summed E-state index contributed by atoms with van der Waals surface area (Å²) in [6, 6.07) is 13.8. The van der Waals surface area contributed by atoms with Gasteiger partial charge in [0.1, 0.15) is 0 Å². The summed E-state index contributed by atoms with van der Waals surface area (Å²) in [5.41, 5.74) is 2.93. The van der Waals surface area contributed by atoms with Crippen molar-refractivity contribution in [2.75, 3.05) is 51.1 Å². The fourth-order valence-electron chi connectivity index (χ4n) is 7.47. The molecular weight excluding hydrogens is 702 g/mol. The number of carbonyl (C=O) groups excluding carboxylic acids is 3. The van der Waals surface area contributed by atoms with Gasteiger partial charge in [-0.05, 0) is 131 Å². The first-order valence-electron chi connectivity index (χ1n) is 16.4. The van der Waals surface area contributed by atoms with Gasteiger partial charge in [-0.2, -0.15) is 0 Å². The van der Waals surface area contributed by atoms with E-state index in [1.54, 1.807) is 4.90 Å². The average molecular weight is 746 g/mol. The van der Waals surface area contributed by atoms with Gasteiger partial charge < -0.3 is 30.1 Å². The van der Waals surface area contributed by atoms with Crippen LogP contribution in [-0.4, -0.2) is 90.7 Å². The van der Waals surface area contributed by atoms with Crippen molar-refractivity contribution in [3.63, 3.8) is 0 Å². The van der Waals surface area contributed by atoms with Crippen LogP contribution in [0.3, 0.4) is 0 Å². The zero-order chi connectivity index (χ0) is 31.3. The Morgan fingerprint density at radius 3 is 2.27 bits per heavy atom. The lowest BCUT2D eigenvalue weighted by Crippen LogP contribution is -2.52. The summed E-state index contributed by atoms with van der Waals surface area (Å²) in [7, 11) is 0. The van der Waals surface area contributed by atoms with Crippen LogP contribution in [0, 0.1) is 11.8 Å². The molecule has 2 aromatic carbocycles. The van der Waals surface area contributed by atoms with Gasteiger partial charge in [0.2, 0.25) is 0 Å². The number of benzene rings is 2. The van der Waals surface area contributed by atoms with Crippen LogP contribution in [0.4, 0.5) is 15.3 Å². The molecule has 0 spiro atoms. The number of urea groups is 1. The molecule has 0 aromatic heterocycles. The third-order valence-electron chi connectivity index (χ3n) is 10.1. The quantitative estimate of drug-likeness (QED) is 0.376. The monoisotopic (exact) mass is 743 g/mol. The molecular formula is C34H43Br2N5O4. The Labute approximate surface area is 282 Å². The summed E-state index contributed by atoms with van der Waals surface area (Å²) in [6.45, 7) is 5.19. The second kappa shape index (κ2) is 14.9. The lowest BCUT2D eigenvalue weighted by Gasteiger charge is -2.39. The van der Waals surface area contributed by atoms with Gasteiger partial charge in [0.25, 0.3) is 5.91 Å². The SMILES string of the molecule is O=C(O[C@H](Cc1ccc(Br)c(Br)c1)C(=O)N1CCC(C2CCNCC2)CC1)N1CCC(N2CCc3ccccc3NC2=O)CC1. The fourth-order valence-corrected chi connectivity index (χ4v) is 8.14. The minimum atomic E-state index is -0.895. The summed E-state index contributed by atoms with van der Waals surface area (Å²) < 4.78 is 7.87. The Kier molecular flexibility index (Phi) is 10.7. The van der Waals surface area contributed by atoms with E-state index in [0.29, 0.717) is 57.9 Å². The number of likely N-dealkylation sites (tertiary alicyclic amines) is 2. The maximum absolute atomic E-state index is 13.9. The van der Waals surface area contributed by atoms with Gasteiger partial charge in [-0.25, -0.2) is 9.59 Å². The number of amides is 4. The van der Waals surface area contributed by atoms with Crippen LogP contribution >= 0.6 is 31.9 Å². The Balaban J connectivity index is 1.07. The Morgan fingerprint density at radius 2 is 1.53 bits per heavy atom. The Hall–Kier alpha value is -2.63. The molecule has 9 nitrogen and oxygen atoms in total. The number of ether oxygens (including phenoxy) is 1. The number of nitrogens with zero attached hydrogens (tertiary/aromatic N) is 3. The molecule has 0 radical (unpaired) electrons. The molecule has 242 valence electrons. The molecule has 4 aliphatic heterocycles. The van der Waals surface area contributed by atoms with Crippen molar-refractivity contribution in [3.8, 4) is 0 Å². The first-order chi connectivity index (χ1) is 21.9. The van der Waals surface area contributed by atoms with E-state index in [-0.39, 0.29) is 18.0 Å². The predicted molar refractivity (Wildman–Crippen MR) is 181 cm³/mol. The van der Waals surface area contributed by atoms with Crippen molar-refractivity contribution in [1.82, 2.24) is 20.0 Å². The van der Waals surface area contributed by atoms with Crippen molar-refractivity contribution in [1.29, 1.82) is 0 Å².